The van der Waals surface area contributed by atoms with Crippen molar-refractivity contribution >= 4 is 23.1 Å². The van der Waals surface area contributed by atoms with Crippen LogP contribution in [0.25, 0.3) is 10.9 Å². The number of ether oxygens (including phenoxy) is 3. The summed E-state index contributed by atoms with van der Waals surface area (Å²) < 4.78 is 17.5. The first-order valence-corrected chi connectivity index (χ1v) is 10.4. The molecule has 5 rings (SSSR count). The number of aromatic nitrogens is 2. The highest BCUT2D eigenvalue weighted by Crippen LogP contribution is 2.33. The minimum absolute atomic E-state index is 0.121. The van der Waals surface area contributed by atoms with Gasteiger partial charge in [-0.15, -0.1) is 0 Å². The van der Waals surface area contributed by atoms with Gasteiger partial charge in [0, 0.05) is 12.0 Å². The summed E-state index contributed by atoms with van der Waals surface area (Å²) in [4.78, 5) is 30.2. The molecule has 1 aromatic heterocycles. The van der Waals surface area contributed by atoms with Crippen LogP contribution in [0, 0.1) is 0 Å². The van der Waals surface area contributed by atoms with Gasteiger partial charge in [-0.3, -0.25) is 4.79 Å². The Bertz CT molecular complexity index is 1460. The van der Waals surface area contributed by atoms with E-state index in [0.29, 0.717) is 51.5 Å². The summed E-state index contributed by atoms with van der Waals surface area (Å²) >= 11 is 0. The van der Waals surface area contributed by atoms with E-state index in [1.54, 1.807) is 60.7 Å². The van der Waals surface area contributed by atoms with Gasteiger partial charge in [-0.2, -0.15) is 9.78 Å². The van der Waals surface area contributed by atoms with Gasteiger partial charge in [0.1, 0.15) is 11.6 Å². The van der Waals surface area contributed by atoms with Crippen molar-refractivity contribution in [1.82, 2.24) is 9.66 Å². The molecule has 164 valence electrons. The van der Waals surface area contributed by atoms with Gasteiger partial charge >= 0.3 is 5.97 Å². The number of carbonyl (C=O) groups excluding carboxylic acids is 1. The first-order valence-electron chi connectivity index (χ1n) is 10.4. The van der Waals surface area contributed by atoms with Gasteiger partial charge in [0.2, 0.25) is 6.79 Å². The van der Waals surface area contributed by atoms with E-state index < -0.39 is 5.97 Å². The zero-order valence-corrected chi connectivity index (χ0v) is 17.7. The smallest absolute Gasteiger partial charge is 0.343 e. The number of para-hydroxylation sites is 2. The molecular formula is C25H19N3O5. The van der Waals surface area contributed by atoms with E-state index >= 15 is 0 Å². The molecule has 0 fully saturated rings. The van der Waals surface area contributed by atoms with E-state index in [4.69, 9.17) is 14.2 Å². The van der Waals surface area contributed by atoms with Crippen molar-refractivity contribution in [2.24, 2.45) is 5.10 Å². The number of hydrogen-bond acceptors (Lipinski definition) is 7. The highest BCUT2D eigenvalue weighted by atomic mass is 16.7. The molecule has 0 saturated carbocycles. The largest absolute Gasteiger partial charge is 0.454 e. The topological polar surface area (TPSA) is 92.0 Å². The predicted octanol–water partition coefficient (Wildman–Crippen LogP) is 3.79. The van der Waals surface area contributed by atoms with Crippen molar-refractivity contribution in [1.29, 1.82) is 0 Å². The van der Waals surface area contributed by atoms with Crippen LogP contribution >= 0.6 is 0 Å². The van der Waals surface area contributed by atoms with Crippen LogP contribution in [-0.2, 0) is 6.42 Å². The van der Waals surface area contributed by atoms with Gasteiger partial charge in [-0.05, 0) is 42.5 Å². The van der Waals surface area contributed by atoms with E-state index in [2.05, 4.69) is 10.1 Å². The highest BCUT2D eigenvalue weighted by Gasteiger charge is 2.18. The van der Waals surface area contributed by atoms with Crippen LogP contribution in [0.1, 0.15) is 28.7 Å². The highest BCUT2D eigenvalue weighted by molar-refractivity contribution is 5.93. The lowest BCUT2D eigenvalue weighted by Crippen LogP contribution is -2.22. The molecule has 3 aromatic carbocycles. The molecule has 4 aromatic rings. The third kappa shape index (κ3) is 3.94. The molecule has 0 unspecified atom stereocenters. The van der Waals surface area contributed by atoms with Crippen LogP contribution in [0.15, 0.2) is 76.6 Å². The number of esters is 1. The van der Waals surface area contributed by atoms with E-state index in [-0.39, 0.29) is 12.4 Å². The molecule has 0 amide bonds. The Morgan fingerprint density at radius 3 is 2.76 bits per heavy atom. The second-order valence-electron chi connectivity index (χ2n) is 7.26. The van der Waals surface area contributed by atoms with Crippen LogP contribution in [0.4, 0.5) is 0 Å². The van der Waals surface area contributed by atoms with Crippen LogP contribution in [0.3, 0.4) is 0 Å². The predicted molar refractivity (Wildman–Crippen MR) is 122 cm³/mol. The standard InChI is InChI=1S/C25H19N3O5/c1-2-23-27-19-9-5-4-8-18(19)24(29)28(23)26-14-17-7-3-6-10-20(17)33-25(30)16-11-12-21-22(13-16)32-15-31-21/h3-14H,2,15H2,1H3/b26-14+. The molecule has 0 saturated heterocycles. The second-order valence-corrected chi connectivity index (χ2v) is 7.26. The van der Waals surface area contributed by atoms with Crippen LogP contribution < -0.4 is 19.8 Å². The Morgan fingerprint density at radius 1 is 1.09 bits per heavy atom. The fourth-order valence-electron chi connectivity index (χ4n) is 3.50. The molecule has 8 nitrogen and oxygen atoms in total. The average molecular weight is 441 g/mol. The van der Waals surface area contributed by atoms with Gasteiger partial charge in [0.15, 0.2) is 11.5 Å². The van der Waals surface area contributed by atoms with Gasteiger partial charge in [-0.1, -0.05) is 31.2 Å². The maximum Gasteiger partial charge on any atom is 0.343 e. The molecule has 0 radical (unpaired) electrons. The van der Waals surface area contributed by atoms with E-state index in [1.165, 1.54) is 10.9 Å². The summed E-state index contributed by atoms with van der Waals surface area (Å²) in [6, 6.07) is 19.0. The molecule has 8 heteroatoms. The number of hydrogen-bond donors (Lipinski definition) is 0. The SMILES string of the molecule is CCc1nc2ccccc2c(=O)n1/N=C/c1ccccc1OC(=O)c1ccc2c(c1)OCO2. The molecule has 0 N–H and O–H groups in total. The quantitative estimate of drug-likeness (QED) is 0.266. The van der Waals surface area contributed by atoms with E-state index in [1.807, 2.05) is 13.0 Å². The Labute approximate surface area is 188 Å². The summed E-state index contributed by atoms with van der Waals surface area (Å²) in [7, 11) is 0. The fourth-order valence-corrected chi connectivity index (χ4v) is 3.50. The van der Waals surface area contributed by atoms with Gasteiger partial charge in [0.25, 0.3) is 5.56 Å². The molecule has 1 aliphatic rings. The molecule has 0 spiro atoms. The Balaban J connectivity index is 1.46. The molecular weight excluding hydrogens is 422 g/mol. The van der Waals surface area contributed by atoms with Crippen molar-refractivity contribution in [2.75, 3.05) is 6.79 Å². The van der Waals surface area contributed by atoms with Gasteiger partial charge in [0.05, 0.1) is 22.7 Å². The zero-order chi connectivity index (χ0) is 22.8. The lowest BCUT2D eigenvalue weighted by atomic mass is 10.2. The van der Waals surface area contributed by atoms with E-state index in [9.17, 15) is 9.59 Å². The minimum atomic E-state index is -0.548. The number of carbonyl (C=O) groups is 1. The van der Waals surface area contributed by atoms with Crippen LogP contribution in [0.5, 0.6) is 17.2 Å². The van der Waals surface area contributed by atoms with Crippen LogP contribution in [-0.4, -0.2) is 28.6 Å². The van der Waals surface area contributed by atoms with Crippen LogP contribution in [0.2, 0.25) is 0 Å². The summed E-state index contributed by atoms with van der Waals surface area (Å²) in [6.45, 7) is 2.03. The van der Waals surface area contributed by atoms with Crippen molar-refractivity contribution in [2.45, 2.75) is 13.3 Å². The molecule has 0 aliphatic carbocycles. The Hall–Kier alpha value is -4.46. The summed E-state index contributed by atoms with van der Waals surface area (Å²) in [5.74, 6) is 1.37. The number of benzene rings is 3. The molecule has 33 heavy (non-hydrogen) atoms. The number of rotatable bonds is 5. The molecule has 2 heterocycles. The van der Waals surface area contributed by atoms with Crippen molar-refractivity contribution in [3.8, 4) is 17.2 Å². The molecule has 1 aliphatic heterocycles. The normalized spacial score (nSPS) is 12.4. The first kappa shape index (κ1) is 20.4. The lowest BCUT2D eigenvalue weighted by Gasteiger charge is -2.09. The zero-order valence-electron chi connectivity index (χ0n) is 17.7. The monoisotopic (exact) mass is 441 g/mol. The molecule has 0 bridgehead atoms. The third-order valence-electron chi connectivity index (χ3n) is 5.18. The summed E-state index contributed by atoms with van der Waals surface area (Å²) in [5, 5.41) is 4.85. The van der Waals surface area contributed by atoms with Crippen molar-refractivity contribution < 1.29 is 19.0 Å². The first-order chi connectivity index (χ1) is 16.1. The fraction of sp³-hybridized carbons (Fsp3) is 0.120. The maximum absolute atomic E-state index is 13.0. The van der Waals surface area contributed by atoms with Crippen molar-refractivity contribution in [3.63, 3.8) is 0 Å². The number of fused-ring (bicyclic) bond motifs is 2. The minimum Gasteiger partial charge on any atom is -0.454 e. The Morgan fingerprint density at radius 2 is 1.88 bits per heavy atom. The Kier molecular flexibility index (Phi) is 5.32. The average Bonchev–Trinajstić information content (AvgIpc) is 3.32. The van der Waals surface area contributed by atoms with Gasteiger partial charge < -0.3 is 14.2 Å². The summed E-state index contributed by atoms with van der Waals surface area (Å²) in [5.41, 5.74) is 1.23. The third-order valence-corrected chi connectivity index (χ3v) is 5.18. The number of aryl methyl sites for hydroxylation is 1. The lowest BCUT2D eigenvalue weighted by molar-refractivity contribution is 0.0734. The van der Waals surface area contributed by atoms with Crippen molar-refractivity contribution in [3.05, 3.63) is 94.0 Å². The molecule has 0 atom stereocenters. The second kappa shape index (κ2) is 8.58. The summed E-state index contributed by atoms with van der Waals surface area (Å²) in [6.07, 6.45) is 2.01. The number of nitrogens with zero attached hydrogens (tertiary/aromatic N) is 3. The van der Waals surface area contributed by atoms with Gasteiger partial charge in [-0.25, -0.2) is 9.78 Å². The maximum atomic E-state index is 13.0. The van der Waals surface area contributed by atoms with E-state index in [0.717, 1.165) is 0 Å².